The SMILES string of the molecule is CNc1sc2c(c1-c1cc(OC)ccc1OC)CCCC2. The molecule has 21 heavy (non-hydrogen) atoms. The van der Waals surface area contributed by atoms with Crippen LogP contribution in [-0.4, -0.2) is 21.3 Å². The van der Waals surface area contributed by atoms with E-state index in [1.807, 2.05) is 30.5 Å². The normalized spacial score (nSPS) is 13.7. The Kier molecular flexibility index (Phi) is 4.06. The smallest absolute Gasteiger partial charge is 0.127 e. The van der Waals surface area contributed by atoms with Crippen LogP contribution in [0, 0.1) is 0 Å². The average Bonchev–Trinajstić information content (AvgIpc) is 2.92. The quantitative estimate of drug-likeness (QED) is 0.910. The fourth-order valence-electron chi connectivity index (χ4n) is 3.04. The maximum atomic E-state index is 5.58. The summed E-state index contributed by atoms with van der Waals surface area (Å²) in [5.74, 6) is 1.77. The van der Waals surface area contributed by atoms with Gasteiger partial charge in [-0.05, 0) is 49.4 Å². The molecule has 0 atom stereocenters. The van der Waals surface area contributed by atoms with Gasteiger partial charge in [0.1, 0.15) is 11.5 Å². The van der Waals surface area contributed by atoms with Gasteiger partial charge in [0.15, 0.2) is 0 Å². The van der Waals surface area contributed by atoms with Crippen molar-refractivity contribution in [2.45, 2.75) is 25.7 Å². The molecule has 1 heterocycles. The van der Waals surface area contributed by atoms with Crippen LogP contribution < -0.4 is 14.8 Å². The minimum Gasteiger partial charge on any atom is -0.497 e. The van der Waals surface area contributed by atoms with Crippen LogP contribution in [0.3, 0.4) is 0 Å². The van der Waals surface area contributed by atoms with Gasteiger partial charge in [-0.15, -0.1) is 11.3 Å². The third-order valence-corrected chi connectivity index (χ3v) is 5.38. The average molecular weight is 303 g/mol. The lowest BCUT2D eigenvalue weighted by Crippen LogP contribution is -2.01. The topological polar surface area (TPSA) is 30.5 Å². The number of aryl methyl sites for hydroxylation is 1. The summed E-state index contributed by atoms with van der Waals surface area (Å²) in [5.41, 5.74) is 3.91. The molecule has 1 aliphatic rings. The summed E-state index contributed by atoms with van der Waals surface area (Å²) in [6.45, 7) is 0. The number of nitrogens with one attached hydrogen (secondary N) is 1. The summed E-state index contributed by atoms with van der Waals surface area (Å²) in [7, 11) is 5.42. The molecule has 2 aromatic rings. The van der Waals surface area contributed by atoms with E-state index in [-0.39, 0.29) is 0 Å². The molecule has 3 rings (SSSR count). The molecule has 0 radical (unpaired) electrons. The molecule has 1 aromatic carbocycles. The Hall–Kier alpha value is -1.68. The van der Waals surface area contributed by atoms with Crippen LogP contribution in [0.15, 0.2) is 18.2 Å². The largest absolute Gasteiger partial charge is 0.497 e. The molecule has 0 aliphatic heterocycles. The van der Waals surface area contributed by atoms with Gasteiger partial charge in [-0.3, -0.25) is 0 Å². The van der Waals surface area contributed by atoms with Crippen molar-refractivity contribution in [3.63, 3.8) is 0 Å². The predicted octanol–water partition coefficient (Wildman–Crippen LogP) is 4.35. The molecular formula is C17H21NO2S. The lowest BCUT2D eigenvalue weighted by atomic mass is 9.92. The van der Waals surface area contributed by atoms with Crippen LogP contribution in [0.1, 0.15) is 23.3 Å². The third-order valence-electron chi connectivity index (χ3n) is 4.07. The number of fused-ring (bicyclic) bond motifs is 1. The fraction of sp³-hybridized carbons (Fsp3) is 0.412. The zero-order chi connectivity index (χ0) is 14.8. The minimum absolute atomic E-state index is 0.864. The summed E-state index contributed by atoms with van der Waals surface area (Å²) in [6, 6.07) is 6.01. The van der Waals surface area contributed by atoms with Crippen LogP contribution >= 0.6 is 11.3 Å². The lowest BCUT2D eigenvalue weighted by molar-refractivity contribution is 0.404. The van der Waals surface area contributed by atoms with E-state index in [4.69, 9.17) is 9.47 Å². The number of hydrogen-bond donors (Lipinski definition) is 1. The van der Waals surface area contributed by atoms with Crippen LogP contribution in [0.5, 0.6) is 11.5 Å². The number of methoxy groups -OCH3 is 2. The third kappa shape index (κ3) is 2.48. The number of anilines is 1. The van der Waals surface area contributed by atoms with Crippen molar-refractivity contribution < 1.29 is 9.47 Å². The van der Waals surface area contributed by atoms with Gasteiger partial charge in [-0.2, -0.15) is 0 Å². The molecule has 4 heteroatoms. The molecule has 0 spiro atoms. The zero-order valence-electron chi connectivity index (χ0n) is 12.8. The molecule has 0 amide bonds. The molecule has 0 bridgehead atoms. The van der Waals surface area contributed by atoms with Crippen LogP contribution in [0.25, 0.3) is 11.1 Å². The first-order valence-corrected chi connectivity index (χ1v) is 8.14. The standard InChI is InChI=1S/C17H21NO2S/c1-18-17-16(12-6-4-5-7-15(12)21-17)13-10-11(19-2)8-9-14(13)20-3/h8-10,18H,4-7H2,1-3H3. The van der Waals surface area contributed by atoms with Crippen molar-refractivity contribution in [1.29, 1.82) is 0 Å². The molecule has 1 aliphatic carbocycles. The summed E-state index contributed by atoms with van der Waals surface area (Å²) >= 11 is 1.88. The van der Waals surface area contributed by atoms with E-state index >= 15 is 0 Å². The van der Waals surface area contributed by atoms with E-state index in [1.54, 1.807) is 14.2 Å². The van der Waals surface area contributed by atoms with Gasteiger partial charge < -0.3 is 14.8 Å². The highest BCUT2D eigenvalue weighted by atomic mass is 32.1. The van der Waals surface area contributed by atoms with Gasteiger partial charge in [0.25, 0.3) is 0 Å². The van der Waals surface area contributed by atoms with E-state index in [0.29, 0.717) is 0 Å². The highest BCUT2D eigenvalue weighted by molar-refractivity contribution is 7.17. The van der Waals surface area contributed by atoms with Crippen molar-refractivity contribution in [3.8, 4) is 22.6 Å². The zero-order valence-corrected chi connectivity index (χ0v) is 13.6. The van der Waals surface area contributed by atoms with Gasteiger partial charge >= 0.3 is 0 Å². The predicted molar refractivity (Wildman–Crippen MR) is 89.0 cm³/mol. The van der Waals surface area contributed by atoms with Crippen molar-refractivity contribution in [3.05, 3.63) is 28.6 Å². The highest BCUT2D eigenvalue weighted by Gasteiger charge is 2.23. The van der Waals surface area contributed by atoms with Crippen LogP contribution in [-0.2, 0) is 12.8 Å². The number of rotatable bonds is 4. The van der Waals surface area contributed by atoms with Crippen LogP contribution in [0.2, 0.25) is 0 Å². The van der Waals surface area contributed by atoms with Gasteiger partial charge in [0.2, 0.25) is 0 Å². The van der Waals surface area contributed by atoms with Crippen molar-refractivity contribution in [1.82, 2.24) is 0 Å². The van der Waals surface area contributed by atoms with Crippen molar-refractivity contribution in [2.24, 2.45) is 0 Å². The first-order valence-electron chi connectivity index (χ1n) is 7.33. The van der Waals surface area contributed by atoms with Crippen LogP contribution in [0.4, 0.5) is 5.00 Å². The first-order chi connectivity index (χ1) is 10.3. The Labute approximate surface area is 129 Å². The summed E-state index contributed by atoms with van der Waals surface area (Å²) < 4.78 is 11.0. The Morgan fingerprint density at radius 2 is 1.90 bits per heavy atom. The Bertz CT molecular complexity index is 648. The molecule has 112 valence electrons. The van der Waals surface area contributed by atoms with E-state index in [9.17, 15) is 0 Å². The molecule has 1 N–H and O–H groups in total. The van der Waals surface area contributed by atoms with Gasteiger partial charge in [-0.1, -0.05) is 0 Å². The highest BCUT2D eigenvalue weighted by Crippen LogP contribution is 2.47. The van der Waals surface area contributed by atoms with Crippen molar-refractivity contribution >= 4 is 16.3 Å². The maximum absolute atomic E-state index is 5.58. The van der Waals surface area contributed by atoms with E-state index < -0.39 is 0 Å². The van der Waals surface area contributed by atoms with E-state index in [2.05, 4.69) is 11.4 Å². The molecule has 0 saturated carbocycles. The Balaban J connectivity index is 2.21. The fourth-order valence-corrected chi connectivity index (χ4v) is 4.29. The first kappa shape index (κ1) is 14.3. The van der Waals surface area contributed by atoms with Gasteiger partial charge in [0, 0.05) is 23.1 Å². The number of hydrogen-bond acceptors (Lipinski definition) is 4. The number of thiophene rings is 1. The monoisotopic (exact) mass is 303 g/mol. The number of ether oxygens (including phenoxy) is 2. The molecule has 1 aromatic heterocycles. The molecule has 0 unspecified atom stereocenters. The van der Waals surface area contributed by atoms with Gasteiger partial charge in [0.05, 0.1) is 19.2 Å². The summed E-state index contributed by atoms with van der Waals surface area (Å²) in [4.78, 5) is 1.52. The second-order valence-corrected chi connectivity index (χ2v) is 6.34. The second kappa shape index (κ2) is 5.98. The van der Waals surface area contributed by atoms with E-state index in [0.717, 1.165) is 23.5 Å². The van der Waals surface area contributed by atoms with Crippen molar-refractivity contribution in [2.75, 3.05) is 26.6 Å². The lowest BCUT2D eigenvalue weighted by Gasteiger charge is -2.16. The molecular weight excluding hydrogens is 282 g/mol. The maximum Gasteiger partial charge on any atom is 0.127 e. The Morgan fingerprint density at radius 3 is 2.62 bits per heavy atom. The van der Waals surface area contributed by atoms with E-state index in [1.165, 1.54) is 40.3 Å². The Morgan fingerprint density at radius 1 is 1.10 bits per heavy atom. The minimum atomic E-state index is 0.864. The molecule has 3 nitrogen and oxygen atoms in total. The molecule has 0 saturated heterocycles. The summed E-state index contributed by atoms with van der Waals surface area (Å²) in [5, 5.41) is 4.59. The number of benzene rings is 1. The van der Waals surface area contributed by atoms with Gasteiger partial charge in [-0.25, -0.2) is 0 Å². The molecule has 0 fully saturated rings. The second-order valence-electron chi connectivity index (χ2n) is 5.23. The summed E-state index contributed by atoms with van der Waals surface area (Å²) in [6.07, 6.45) is 4.92.